The van der Waals surface area contributed by atoms with E-state index in [9.17, 15) is 4.39 Å². The van der Waals surface area contributed by atoms with E-state index in [4.69, 9.17) is 20.8 Å². The highest BCUT2D eigenvalue weighted by molar-refractivity contribution is 6.32. The van der Waals surface area contributed by atoms with Crippen LogP contribution in [0.25, 0.3) is 0 Å². The topological polar surface area (TPSA) is 25.6 Å². The maximum Gasteiger partial charge on any atom is 0.174 e. The van der Waals surface area contributed by atoms with Crippen LogP contribution in [0.2, 0.25) is 5.02 Å². The lowest BCUT2D eigenvalue weighted by Gasteiger charge is -2.19. The van der Waals surface area contributed by atoms with Crippen molar-refractivity contribution in [2.24, 2.45) is 0 Å². The molecule has 0 spiro atoms. The van der Waals surface area contributed by atoms with Gasteiger partial charge in [0.15, 0.2) is 11.6 Å². The molecule has 3 nitrogen and oxygen atoms in total. The van der Waals surface area contributed by atoms with Crippen molar-refractivity contribution in [1.82, 2.24) is 4.90 Å². The summed E-state index contributed by atoms with van der Waals surface area (Å²) in [5, 5.41) is 0.285. The van der Waals surface area contributed by atoms with Crippen LogP contribution in [-0.4, -0.2) is 18.5 Å². The van der Waals surface area contributed by atoms with Crippen LogP contribution in [0, 0.1) is 5.82 Å². The van der Waals surface area contributed by atoms with Gasteiger partial charge in [0.05, 0.1) is 17.8 Å². The van der Waals surface area contributed by atoms with E-state index in [2.05, 4.69) is 4.90 Å². The van der Waals surface area contributed by atoms with Gasteiger partial charge in [-0.3, -0.25) is 4.90 Å². The molecule has 6 heteroatoms. The fourth-order valence-electron chi connectivity index (χ4n) is 2.44. The highest BCUT2D eigenvalue weighted by Gasteiger charge is 2.26. The zero-order chi connectivity index (χ0) is 14.1. The molecule has 2 heterocycles. The van der Waals surface area contributed by atoms with Crippen LogP contribution in [0.3, 0.4) is 0 Å². The van der Waals surface area contributed by atoms with E-state index in [0.717, 1.165) is 30.8 Å². The number of halogens is 3. The second kappa shape index (κ2) is 6.69. The fourth-order valence-corrected chi connectivity index (χ4v) is 2.65. The number of benzene rings is 1. The molecule has 114 valence electrons. The molecular formula is C15H16Cl2FNO2. The summed E-state index contributed by atoms with van der Waals surface area (Å²) in [6.45, 7) is 1.58. The van der Waals surface area contributed by atoms with Crippen molar-refractivity contribution < 1.29 is 13.5 Å². The highest BCUT2D eigenvalue weighted by atomic mass is 35.5. The summed E-state index contributed by atoms with van der Waals surface area (Å²) in [6.07, 6.45) is 2.15. The number of hydrogen-bond acceptors (Lipinski definition) is 3. The van der Waals surface area contributed by atoms with Crippen LogP contribution in [0.5, 0.6) is 5.75 Å². The van der Waals surface area contributed by atoms with Crippen LogP contribution in [-0.2, 0) is 6.54 Å². The Bertz CT molecular complexity index is 597. The predicted molar refractivity (Wildman–Crippen MR) is 81.7 cm³/mol. The molecule has 21 heavy (non-hydrogen) atoms. The monoisotopic (exact) mass is 331 g/mol. The number of para-hydroxylation sites is 1. The van der Waals surface area contributed by atoms with Crippen LogP contribution >= 0.6 is 24.0 Å². The second-order valence-electron chi connectivity index (χ2n) is 4.98. The van der Waals surface area contributed by atoms with Crippen molar-refractivity contribution in [3.05, 3.63) is 52.7 Å². The van der Waals surface area contributed by atoms with E-state index in [1.54, 1.807) is 18.4 Å². The fraction of sp³-hybridized carbons (Fsp3) is 0.333. The molecule has 0 N–H and O–H groups in total. The molecule has 1 atom stereocenters. The van der Waals surface area contributed by atoms with Gasteiger partial charge in [0, 0.05) is 18.5 Å². The number of rotatable bonds is 2. The maximum absolute atomic E-state index is 13.8. The maximum atomic E-state index is 13.8. The van der Waals surface area contributed by atoms with E-state index in [1.807, 2.05) is 13.1 Å². The first-order chi connectivity index (χ1) is 9.65. The summed E-state index contributed by atoms with van der Waals surface area (Å²) in [6, 6.07) is 6.42. The van der Waals surface area contributed by atoms with Gasteiger partial charge in [-0.15, -0.1) is 12.4 Å². The minimum Gasteiger partial charge on any atom is -0.481 e. The molecule has 0 fully saturated rings. The lowest BCUT2D eigenvalue weighted by Crippen LogP contribution is -2.18. The van der Waals surface area contributed by atoms with Crippen molar-refractivity contribution in [3.8, 4) is 5.75 Å². The van der Waals surface area contributed by atoms with Gasteiger partial charge in [0.25, 0.3) is 0 Å². The van der Waals surface area contributed by atoms with Gasteiger partial charge in [0.2, 0.25) is 0 Å². The Kier molecular flexibility index (Phi) is 5.14. The van der Waals surface area contributed by atoms with E-state index >= 15 is 0 Å². The summed E-state index contributed by atoms with van der Waals surface area (Å²) >= 11 is 6.02. The van der Waals surface area contributed by atoms with Gasteiger partial charge in [-0.1, -0.05) is 17.7 Å². The van der Waals surface area contributed by atoms with E-state index in [-0.39, 0.29) is 29.3 Å². The van der Waals surface area contributed by atoms with E-state index in [1.165, 1.54) is 6.07 Å². The summed E-state index contributed by atoms with van der Waals surface area (Å²) in [7, 11) is 2.02. The van der Waals surface area contributed by atoms with Gasteiger partial charge in [-0.05, 0) is 25.2 Å². The molecule has 0 saturated heterocycles. The summed E-state index contributed by atoms with van der Waals surface area (Å²) < 4.78 is 25.2. The average Bonchev–Trinajstić information content (AvgIpc) is 2.80. The van der Waals surface area contributed by atoms with Crippen molar-refractivity contribution in [2.45, 2.75) is 19.1 Å². The molecule has 2 aromatic rings. The van der Waals surface area contributed by atoms with Crippen LogP contribution in [0.15, 0.2) is 34.9 Å². The van der Waals surface area contributed by atoms with Gasteiger partial charge >= 0.3 is 0 Å². The number of hydrogen-bond donors (Lipinski definition) is 0. The predicted octanol–water partition coefficient (Wildman–Crippen LogP) is 4.45. The minimum absolute atomic E-state index is 0. The molecule has 1 unspecified atom stereocenters. The van der Waals surface area contributed by atoms with Crippen LogP contribution in [0.1, 0.15) is 23.8 Å². The average molecular weight is 332 g/mol. The number of nitrogens with zero attached hydrogens (tertiary/aromatic N) is 1. The van der Waals surface area contributed by atoms with Crippen molar-refractivity contribution in [2.75, 3.05) is 13.6 Å². The SMILES string of the molecule is CN1CCC(Oc2c(F)cccc2Cl)c2ccoc2C1.Cl. The van der Waals surface area contributed by atoms with Crippen LogP contribution < -0.4 is 4.74 Å². The molecular weight excluding hydrogens is 316 g/mol. The van der Waals surface area contributed by atoms with Crippen molar-refractivity contribution in [1.29, 1.82) is 0 Å². The smallest absolute Gasteiger partial charge is 0.174 e. The first kappa shape index (κ1) is 16.1. The molecule has 0 radical (unpaired) electrons. The Hall–Kier alpha value is -1.23. The summed E-state index contributed by atoms with van der Waals surface area (Å²) in [4.78, 5) is 2.15. The number of fused-ring (bicyclic) bond motifs is 1. The molecule has 0 saturated carbocycles. The van der Waals surface area contributed by atoms with Crippen molar-refractivity contribution in [3.63, 3.8) is 0 Å². The van der Waals surface area contributed by atoms with Gasteiger partial charge in [0.1, 0.15) is 11.9 Å². The third-order valence-corrected chi connectivity index (χ3v) is 3.79. The third-order valence-electron chi connectivity index (χ3n) is 3.49. The van der Waals surface area contributed by atoms with Crippen molar-refractivity contribution >= 4 is 24.0 Å². The zero-order valence-corrected chi connectivity index (χ0v) is 13.1. The molecule has 1 aromatic carbocycles. The van der Waals surface area contributed by atoms with Crippen LogP contribution in [0.4, 0.5) is 4.39 Å². The Labute approximate surface area is 134 Å². The summed E-state index contributed by atoms with van der Waals surface area (Å²) in [5.74, 6) is 0.526. The second-order valence-corrected chi connectivity index (χ2v) is 5.39. The van der Waals surface area contributed by atoms with E-state index < -0.39 is 5.82 Å². The Morgan fingerprint density at radius 3 is 2.95 bits per heavy atom. The quantitative estimate of drug-likeness (QED) is 0.812. The lowest BCUT2D eigenvalue weighted by atomic mass is 10.1. The number of furan rings is 1. The Morgan fingerprint density at radius 2 is 2.19 bits per heavy atom. The standard InChI is InChI=1S/C15H15ClFNO2.ClH/c1-18-7-5-13(10-6-8-19-14(10)9-18)20-15-11(16)3-2-4-12(15)17;/h2-4,6,8,13H,5,7,9H2,1H3;1H. The molecule has 3 rings (SSSR count). The first-order valence-electron chi connectivity index (χ1n) is 6.50. The largest absolute Gasteiger partial charge is 0.481 e. The molecule has 1 aliphatic heterocycles. The Morgan fingerprint density at radius 1 is 1.38 bits per heavy atom. The van der Waals surface area contributed by atoms with Gasteiger partial charge < -0.3 is 9.15 Å². The van der Waals surface area contributed by atoms with Gasteiger partial charge in [-0.2, -0.15) is 0 Å². The molecule has 1 aliphatic rings. The van der Waals surface area contributed by atoms with Gasteiger partial charge in [-0.25, -0.2) is 4.39 Å². The normalized spacial score (nSPS) is 18.5. The summed E-state index contributed by atoms with van der Waals surface area (Å²) in [5.41, 5.74) is 0.966. The zero-order valence-electron chi connectivity index (χ0n) is 11.5. The Balaban J connectivity index is 0.00000161. The lowest BCUT2D eigenvalue weighted by molar-refractivity contribution is 0.175. The minimum atomic E-state index is -0.444. The highest BCUT2D eigenvalue weighted by Crippen LogP contribution is 2.35. The molecule has 0 amide bonds. The molecule has 0 bridgehead atoms. The van der Waals surface area contributed by atoms with E-state index in [0.29, 0.717) is 0 Å². The molecule has 0 aliphatic carbocycles. The first-order valence-corrected chi connectivity index (χ1v) is 6.88. The third kappa shape index (κ3) is 3.34. The molecule has 1 aromatic heterocycles. The number of ether oxygens (including phenoxy) is 1.